The molecule has 8 heteroatoms. The second kappa shape index (κ2) is 10.7. The lowest BCUT2D eigenvalue weighted by Crippen LogP contribution is -2.04. The molecule has 2 heterocycles. The maximum atomic E-state index is 11.2. The summed E-state index contributed by atoms with van der Waals surface area (Å²) < 4.78 is 19.8. The third-order valence-corrected chi connectivity index (χ3v) is 3.41. The van der Waals surface area contributed by atoms with Gasteiger partial charge in [0.2, 0.25) is 11.5 Å². The zero-order valence-electron chi connectivity index (χ0n) is 15.3. The van der Waals surface area contributed by atoms with Gasteiger partial charge in [-0.3, -0.25) is 0 Å². The van der Waals surface area contributed by atoms with Crippen LogP contribution in [-0.4, -0.2) is 30.3 Å². The molecule has 26 heavy (non-hydrogen) atoms. The molecule has 0 aliphatic heterocycles. The van der Waals surface area contributed by atoms with Gasteiger partial charge in [0.1, 0.15) is 18.1 Å². The molecule has 0 spiro atoms. The Morgan fingerprint density at radius 1 is 0.962 bits per heavy atom. The van der Waals surface area contributed by atoms with Gasteiger partial charge in [0.05, 0.1) is 19.1 Å². The number of ether oxygens (including phenoxy) is 2. The number of carbonyl (C=O) groups is 2. The molecular formula is C18H23ClO7. The van der Waals surface area contributed by atoms with E-state index in [1.807, 2.05) is 0 Å². The third-order valence-electron chi connectivity index (χ3n) is 3.15. The Morgan fingerprint density at radius 2 is 1.38 bits per heavy atom. The first-order valence-corrected chi connectivity index (χ1v) is 8.60. The first-order valence-electron chi connectivity index (χ1n) is 8.07. The number of alkyl halides is 1. The van der Waals surface area contributed by atoms with Crippen LogP contribution in [0.5, 0.6) is 0 Å². The minimum absolute atomic E-state index is 0.172. The molecule has 0 amide bonds. The lowest BCUT2D eigenvalue weighted by molar-refractivity contribution is 0.0477. The summed E-state index contributed by atoms with van der Waals surface area (Å²) in [5.41, 5.74) is 1.44. The molecule has 144 valence electrons. The molecule has 0 atom stereocenters. The number of aliphatic hydroxyl groups excluding tert-OH is 1. The van der Waals surface area contributed by atoms with Crippen LogP contribution in [0.25, 0.3) is 0 Å². The maximum Gasteiger partial charge on any atom is 0.374 e. The van der Waals surface area contributed by atoms with E-state index in [0.29, 0.717) is 30.3 Å². The van der Waals surface area contributed by atoms with Gasteiger partial charge < -0.3 is 23.4 Å². The number of carbonyl (C=O) groups excluding carboxylic acids is 2. The van der Waals surface area contributed by atoms with E-state index in [-0.39, 0.29) is 24.0 Å². The van der Waals surface area contributed by atoms with Crippen molar-refractivity contribution in [2.45, 2.75) is 40.2 Å². The molecule has 0 bridgehead atoms. The Bertz CT molecular complexity index is 668. The van der Waals surface area contributed by atoms with Crippen LogP contribution >= 0.6 is 11.6 Å². The number of hydrogen-bond acceptors (Lipinski definition) is 7. The predicted octanol–water partition coefficient (Wildman–Crippen LogP) is 3.76. The van der Waals surface area contributed by atoms with E-state index in [0.717, 1.165) is 5.56 Å². The summed E-state index contributed by atoms with van der Waals surface area (Å²) in [6, 6.07) is 3.35. The zero-order chi connectivity index (χ0) is 19.7. The van der Waals surface area contributed by atoms with Gasteiger partial charge in [-0.2, -0.15) is 0 Å². The van der Waals surface area contributed by atoms with Crippen molar-refractivity contribution in [3.63, 3.8) is 0 Å². The van der Waals surface area contributed by atoms with Crippen LogP contribution in [0, 0.1) is 13.8 Å². The van der Waals surface area contributed by atoms with Crippen LogP contribution in [0.3, 0.4) is 0 Å². The molecule has 2 aromatic rings. The topological polar surface area (TPSA) is 99.1 Å². The summed E-state index contributed by atoms with van der Waals surface area (Å²) in [5, 5.41) is 8.74. The quantitative estimate of drug-likeness (QED) is 0.596. The van der Waals surface area contributed by atoms with Crippen molar-refractivity contribution in [1.82, 2.24) is 0 Å². The predicted molar refractivity (Wildman–Crippen MR) is 94.3 cm³/mol. The van der Waals surface area contributed by atoms with Crippen molar-refractivity contribution < 1.29 is 33.0 Å². The molecule has 0 radical (unpaired) electrons. The molecule has 2 aromatic heterocycles. The van der Waals surface area contributed by atoms with E-state index >= 15 is 0 Å². The van der Waals surface area contributed by atoms with Crippen molar-refractivity contribution in [1.29, 1.82) is 0 Å². The maximum absolute atomic E-state index is 11.2. The summed E-state index contributed by atoms with van der Waals surface area (Å²) in [6.45, 7) is 7.44. The Kier molecular flexibility index (Phi) is 8.95. The molecule has 0 saturated heterocycles. The van der Waals surface area contributed by atoms with E-state index in [9.17, 15) is 9.59 Å². The number of aliphatic hydroxyl groups is 1. The summed E-state index contributed by atoms with van der Waals surface area (Å²) in [6.07, 6.45) is 0. The van der Waals surface area contributed by atoms with Gasteiger partial charge in [0.15, 0.2) is 0 Å². The summed E-state index contributed by atoms with van der Waals surface area (Å²) in [7, 11) is 0. The van der Waals surface area contributed by atoms with E-state index in [1.54, 1.807) is 39.8 Å². The second-order valence-electron chi connectivity index (χ2n) is 5.18. The van der Waals surface area contributed by atoms with E-state index in [4.69, 9.17) is 35.0 Å². The Balaban J connectivity index is 0.000000260. The molecule has 0 unspecified atom stereocenters. The molecule has 0 aliphatic carbocycles. The summed E-state index contributed by atoms with van der Waals surface area (Å²) >= 11 is 5.55. The molecule has 0 fully saturated rings. The normalized spacial score (nSPS) is 10.1. The molecule has 7 nitrogen and oxygen atoms in total. The average molecular weight is 387 g/mol. The van der Waals surface area contributed by atoms with Crippen molar-refractivity contribution in [3.05, 3.63) is 46.3 Å². The zero-order valence-corrected chi connectivity index (χ0v) is 16.0. The third kappa shape index (κ3) is 5.93. The number of rotatable bonds is 6. The van der Waals surface area contributed by atoms with E-state index in [2.05, 4.69) is 0 Å². The molecule has 0 aromatic carbocycles. The Hall–Kier alpha value is -2.25. The number of halogens is 1. The van der Waals surface area contributed by atoms with E-state index in [1.165, 1.54) is 0 Å². The minimum Gasteiger partial charge on any atom is -0.460 e. The highest BCUT2D eigenvalue weighted by molar-refractivity contribution is 6.16. The molecule has 0 aliphatic rings. The van der Waals surface area contributed by atoms with Gasteiger partial charge in [-0.25, -0.2) is 9.59 Å². The number of esters is 2. The molecular weight excluding hydrogens is 364 g/mol. The highest BCUT2D eigenvalue weighted by Gasteiger charge is 2.16. The first-order chi connectivity index (χ1) is 12.4. The number of furan rings is 2. The number of hydrogen-bond donors (Lipinski definition) is 1. The monoisotopic (exact) mass is 386 g/mol. The Labute approximate surface area is 156 Å². The van der Waals surface area contributed by atoms with Gasteiger partial charge >= 0.3 is 11.9 Å². The van der Waals surface area contributed by atoms with E-state index < -0.39 is 11.9 Å². The lowest BCUT2D eigenvalue weighted by Gasteiger charge is -1.98. The van der Waals surface area contributed by atoms with Crippen molar-refractivity contribution in [2.24, 2.45) is 0 Å². The Morgan fingerprint density at radius 3 is 1.69 bits per heavy atom. The highest BCUT2D eigenvalue weighted by atomic mass is 35.5. The van der Waals surface area contributed by atoms with Gasteiger partial charge in [0.25, 0.3) is 0 Å². The van der Waals surface area contributed by atoms with Crippen LogP contribution in [0.2, 0.25) is 0 Å². The fourth-order valence-electron chi connectivity index (χ4n) is 2.04. The van der Waals surface area contributed by atoms with Gasteiger partial charge in [0, 0.05) is 11.1 Å². The van der Waals surface area contributed by atoms with Gasteiger partial charge in [-0.15, -0.1) is 11.6 Å². The molecule has 0 saturated carbocycles. The summed E-state index contributed by atoms with van der Waals surface area (Å²) in [4.78, 5) is 22.4. The van der Waals surface area contributed by atoms with Crippen molar-refractivity contribution in [2.75, 3.05) is 13.2 Å². The molecule has 1 N–H and O–H groups in total. The first kappa shape index (κ1) is 21.8. The minimum atomic E-state index is -0.486. The van der Waals surface area contributed by atoms with Crippen molar-refractivity contribution in [3.8, 4) is 0 Å². The molecule has 2 rings (SSSR count). The number of aryl methyl sites for hydroxylation is 2. The van der Waals surface area contributed by atoms with Crippen LogP contribution in [-0.2, 0) is 22.0 Å². The van der Waals surface area contributed by atoms with Crippen LogP contribution < -0.4 is 0 Å². The largest absolute Gasteiger partial charge is 0.460 e. The van der Waals surface area contributed by atoms with Gasteiger partial charge in [-0.1, -0.05) is 0 Å². The summed E-state index contributed by atoms with van der Waals surface area (Å²) in [5.74, 6) is 0.725. The fourth-order valence-corrected chi connectivity index (χ4v) is 2.17. The van der Waals surface area contributed by atoms with Crippen LogP contribution in [0.4, 0.5) is 0 Å². The fraction of sp³-hybridized carbons (Fsp3) is 0.444. The highest BCUT2D eigenvalue weighted by Crippen LogP contribution is 2.17. The van der Waals surface area contributed by atoms with Crippen LogP contribution in [0.15, 0.2) is 21.0 Å². The van der Waals surface area contributed by atoms with Crippen LogP contribution in [0.1, 0.15) is 57.6 Å². The lowest BCUT2D eigenvalue weighted by atomic mass is 10.3. The van der Waals surface area contributed by atoms with Gasteiger partial charge in [-0.05, 0) is 39.8 Å². The standard InChI is InChI=1S/C9H11ClO3.C9H12O4/c2*1-3-12-9(11)8-6(2)4-7(5-10)13-8/h4H,3,5H2,1-2H3;4,10H,3,5H2,1-2H3. The second-order valence-corrected chi connectivity index (χ2v) is 5.45. The van der Waals surface area contributed by atoms with Crippen molar-refractivity contribution >= 4 is 23.5 Å². The smallest absolute Gasteiger partial charge is 0.374 e. The average Bonchev–Trinajstić information content (AvgIpc) is 3.18. The SMILES string of the molecule is CCOC(=O)c1oc(CCl)cc1C.CCOC(=O)c1oc(CO)cc1C.